The van der Waals surface area contributed by atoms with E-state index in [1.807, 2.05) is 0 Å². The van der Waals surface area contributed by atoms with E-state index in [1.54, 1.807) is 0 Å². The van der Waals surface area contributed by atoms with Crippen molar-refractivity contribution < 1.29 is 0 Å². The second-order valence-corrected chi connectivity index (χ2v) is 15.4. The van der Waals surface area contributed by atoms with E-state index in [0.717, 1.165) is 0 Å². The van der Waals surface area contributed by atoms with Gasteiger partial charge in [-0.2, -0.15) is 0 Å². The van der Waals surface area contributed by atoms with Crippen molar-refractivity contribution in [3.05, 3.63) is 168 Å². The first-order valence-corrected chi connectivity index (χ1v) is 19.0. The monoisotopic (exact) mass is 688 g/mol. The highest BCUT2D eigenvalue weighted by molar-refractivity contribution is 6.33. The first-order valence-electron chi connectivity index (χ1n) is 19.0. The minimum absolute atomic E-state index is 1.24. The maximum atomic E-state index is 2.55. The fourth-order valence-corrected chi connectivity index (χ4v) is 10.1. The highest BCUT2D eigenvalue weighted by Gasteiger charge is 2.24. The zero-order valence-electron chi connectivity index (χ0n) is 30.8. The Morgan fingerprint density at radius 2 is 0.667 bits per heavy atom. The number of aryl methyl sites for hydroxylation is 2. The fourth-order valence-electron chi connectivity index (χ4n) is 10.1. The van der Waals surface area contributed by atoms with E-state index in [0.29, 0.717) is 0 Å². The van der Waals surface area contributed by atoms with Gasteiger partial charge in [-0.1, -0.05) is 121 Å². The molecule has 2 heterocycles. The van der Waals surface area contributed by atoms with Gasteiger partial charge in [-0.05, 0) is 117 Å². The molecular weight excluding hydrogens is 653 g/mol. The predicted octanol–water partition coefficient (Wildman–Crippen LogP) is 14.3. The predicted molar refractivity (Wildman–Crippen MR) is 233 cm³/mol. The smallest absolute Gasteiger partial charge is 0.0613 e. The van der Waals surface area contributed by atoms with Crippen molar-refractivity contribution >= 4 is 97.2 Å². The van der Waals surface area contributed by atoms with Crippen molar-refractivity contribution in [1.82, 2.24) is 9.13 Å². The Morgan fingerprint density at radius 3 is 1.09 bits per heavy atom. The van der Waals surface area contributed by atoms with Crippen LogP contribution in [0.1, 0.15) is 22.5 Å². The van der Waals surface area contributed by atoms with Crippen LogP contribution in [0.4, 0.5) is 0 Å². The SMILES string of the molecule is Cc1c(C)n(-c2cc3ccccc3c3ccccc23)c2c1cc1ccc3c4c(ccc2c14)cc1c(C)c(C)n(-c2cc4ccccc4c4ccccc24)c13. The summed E-state index contributed by atoms with van der Waals surface area (Å²) in [6.07, 6.45) is 0. The largest absolute Gasteiger partial charge is 0.312 e. The third kappa shape index (κ3) is 3.70. The van der Waals surface area contributed by atoms with E-state index in [-0.39, 0.29) is 0 Å². The lowest BCUT2D eigenvalue weighted by Gasteiger charge is -2.19. The van der Waals surface area contributed by atoms with Gasteiger partial charge in [0.05, 0.1) is 22.4 Å². The van der Waals surface area contributed by atoms with Crippen LogP contribution in [0.25, 0.3) is 109 Å². The molecule has 0 fully saturated rings. The van der Waals surface area contributed by atoms with Gasteiger partial charge in [0.2, 0.25) is 0 Å². The maximum absolute atomic E-state index is 2.55. The van der Waals surface area contributed by atoms with Gasteiger partial charge >= 0.3 is 0 Å². The summed E-state index contributed by atoms with van der Waals surface area (Å²) in [6, 6.07) is 54.7. The Hall–Kier alpha value is -6.64. The van der Waals surface area contributed by atoms with Crippen molar-refractivity contribution in [2.45, 2.75) is 27.7 Å². The molecule has 54 heavy (non-hydrogen) atoms. The maximum Gasteiger partial charge on any atom is 0.0613 e. The number of nitrogens with zero attached hydrogens (tertiary/aromatic N) is 2. The molecule has 0 aliphatic carbocycles. The van der Waals surface area contributed by atoms with E-state index >= 15 is 0 Å². The quantitative estimate of drug-likeness (QED) is 0.160. The zero-order chi connectivity index (χ0) is 36.0. The molecule has 12 aromatic rings. The molecule has 254 valence electrons. The molecule has 0 atom stereocenters. The molecule has 0 saturated heterocycles. The summed E-state index contributed by atoms with van der Waals surface area (Å²) in [4.78, 5) is 0. The number of hydrogen-bond acceptors (Lipinski definition) is 0. The molecule has 0 amide bonds. The number of hydrogen-bond donors (Lipinski definition) is 0. The van der Waals surface area contributed by atoms with Crippen LogP contribution in [0, 0.1) is 27.7 Å². The standard InChI is InChI=1S/C52H36N2/c1-29-31(3)53(47-27-33-13-5-7-15-37(33)39-17-9-11-19-41(39)47)51-43-23-22-36-26-46-30(2)32(4)54(52(46)44-24-21-35(25-45(29)51)49(43)50(36)44)48-28-34-14-6-8-16-38(34)40-18-10-12-20-42(40)48/h5-28H,1-4H3. The molecule has 10 aromatic carbocycles. The Labute approximate surface area is 312 Å². The molecule has 0 unspecified atom stereocenters. The fraction of sp³-hybridized carbons (Fsp3) is 0.0769. The van der Waals surface area contributed by atoms with Crippen LogP contribution in [0.5, 0.6) is 0 Å². The average molecular weight is 689 g/mol. The van der Waals surface area contributed by atoms with Crippen molar-refractivity contribution in [3.63, 3.8) is 0 Å². The van der Waals surface area contributed by atoms with E-state index in [4.69, 9.17) is 0 Å². The van der Waals surface area contributed by atoms with E-state index in [2.05, 4.69) is 182 Å². The Balaban J connectivity index is 1.24. The molecule has 0 saturated carbocycles. The molecule has 0 radical (unpaired) electrons. The van der Waals surface area contributed by atoms with Crippen molar-refractivity contribution in [3.8, 4) is 11.4 Å². The minimum atomic E-state index is 1.24. The summed E-state index contributed by atoms with van der Waals surface area (Å²) in [5.74, 6) is 0. The topological polar surface area (TPSA) is 9.86 Å². The van der Waals surface area contributed by atoms with Gasteiger partial charge in [0, 0.05) is 43.7 Å². The van der Waals surface area contributed by atoms with E-state index in [1.165, 1.54) is 131 Å². The second kappa shape index (κ2) is 10.5. The van der Waals surface area contributed by atoms with Gasteiger partial charge in [-0.3, -0.25) is 0 Å². The van der Waals surface area contributed by atoms with Crippen molar-refractivity contribution in [1.29, 1.82) is 0 Å². The molecular formula is C52H36N2. The van der Waals surface area contributed by atoms with Crippen LogP contribution in [0.3, 0.4) is 0 Å². The van der Waals surface area contributed by atoms with Crippen LogP contribution in [0.2, 0.25) is 0 Å². The molecule has 0 N–H and O–H groups in total. The lowest BCUT2D eigenvalue weighted by Crippen LogP contribution is -2.00. The summed E-state index contributed by atoms with van der Waals surface area (Å²) in [7, 11) is 0. The van der Waals surface area contributed by atoms with Crippen LogP contribution in [0.15, 0.2) is 146 Å². The summed E-state index contributed by atoms with van der Waals surface area (Å²) in [5.41, 5.74) is 10.3. The van der Waals surface area contributed by atoms with Gasteiger partial charge in [0.1, 0.15) is 0 Å². The molecule has 0 aliphatic heterocycles. The number of aromatic nitrogens is 2. The van der Waals surface area contributed by atoms with Gasteiger partial charge in [0.15, 0.2) is 0 Å². The second-order valence-electron chi connectivity index (χ2n) is 15.4. The minimum Gasteiger partial charge on any atom is -0.312 e. The first kappa shape index (κ1) is 29.9. The normalized spacial score (nSPS) is 12.4. The van der Waals surface area contributed by atoms with Crippen molar-refractivity contribution in [2.75, 3.05) is 0 Å². The van der Waals surface area contributed by atoms with E-state index in [9.17, 15) is 0 Å². The van der Waals surface area contributed by atoms with Crippen LogP contribution in [-0.4, -0.2) is 9.13 Å². The summed E-state index contributed by atoms with van der Waals surface area (Å²) in [5, 5.41) is 20.7. The van der Waals surface area contributed by atoms with E-state index < -0.39 is 0 Å². The number of rotatable bonds is 2. The summed E-state index contributed by atoms with van der Waals surface area (Å²) in [6.45, 7) is 9.18. The molecule has 0 aliphatic rings. The van der Waals surface area contributed by atoms with Gasteiger partial charge in [-0.15, -0.1) is 0 Å². The highest BCUT2D eigenvalue weighted by atomic mass is 15.0. The molecule has 12 rings (SSSR count). The number of benzene rings is 10. The van der Waals surface area contributed by atoms with Crippen LogP contribution >= 0.6 is 0 Å². The average Bonchev–Trinajstić information content (AvgIpc) is 3.62. The summed E-state index contributed by atoms with van der Waals surface area (Å²) >= 11 is 0. The lowest BCUT2D eigenvalue weighted by atomic mass is 9.90. The first-order chi connectivity index (χ1) is 26.5. The van der Waals surface area contributed by atoms with Gasteiger partial charge in [-0.25, -0.2) is 0 Å². The van der Waals surface area contributed by atoms with Crippen molar-refractivity contribution in [2.24, 2.45) is 0 Å². The molecule has 2 nitrogen and oxygen atoms in total. The van der Waals surface area contributed by atoms with Gasteiger partial charge < -0.3 is 9.13 Å². The van der Waals surface area contributed by atoms with Gasteiger partial charge in [0.25, 0.3) is 0 Å². The molecule has 2 aromatic heterocycles. The zero-order valence-corrected chi connectivity index (χ0v) is 30.8. The number of fused-ring (bicyclic) bond motifs is 10. The molecule has 2 heteroatoms. The lowest BCUT2D eigenvalue weighted by molar-refractivity contribution is 1.05. The Bertz CT molecular complexity index is 3350. The van der Waals surface area contributed by atoms with Crippen LogP contribution < -0.4 is 0 Å². The molecule has 0 bridgehead atoms. The summed E-state index contributed by atoms with van der Waals surface area (Å²) < 4.78 is 5.11. The third-order valence-electron chi connectivity index (χ3n) is 12.8. The highest BCUT2D eigenvalue weighted by Crippen LogP contribution is 2.47. The van der Waals surface area contributed by atoms with Crippen LogP contribution in [-0.2, 0) is 0 Å². The Morgan fingerprint density at radius 1 is 0.296 bits per heavy atom. The Kier molecular flexibility index (Phi) is 5.81. The molecule has 0 spiro atoms. The third-order valence-corrected chi connectivity index (χ3v) is 12.8.